The molecule has 0 aliphatic carbocycles. The summed E-state index contributed by atoms with van der Waals surface area (Å²) in [5.41, 5.74) is 3.96. The van der Waals surface area contributed by atoms with E-state index >= 15 is 0 Å². The zero-order chi connectivity index (χ0) is 20.4. The molecule has 0 bridgehead atoms. The highest BCUT2D eigenvalue weighted by atomic mass is 19.1. The molecule has 0 unspecified atom stereocenters. The third kappa shape index (κ3) is 3.80. The van der Waals surface area contributed by atoms with Gasteiger partial charge in [0.2, 0.25) is 0 Å². The van der Waals surface area contributed by atoms with E-state index in [9.17, 15) is 9.18 Å². The Bertz CT molecular complexity index is 1200. The van der Waals surface area contributed by atoms with Gasteiger partial charge in [-0.05, 0) is 61.0 Å². The second kappa shape index (κ2) is 7.72. The Balaban J connectivity index is 1.79. The average Bonchev–Trinajstić information content (AvgIpc) is 2.75. The van der Waals surface area contributed by atoms with Crippen LogP contribution in [0.25, 0.3) is 22.2 Å². The summed E-state index contributed by atoms with van der Waals surface area (Å²) in [6.07, 6.45) is 0. The lowest BCUT2D eigenvalue weighted by molar-refractivity contribution is 0.102. The molecule has 0 fully saturated rings. The van der Waals surface area contributed by atoms with E-state index in [2.05, 4.69) is 5.32 Å². The summed E-state index contributed by atoms with van der Waals surface area (Å²) in [5.74, 6) is 0.0329. The number of nitrogens with zero attached hydrogens (tertiary/aromatic N) is 1. The second-order valence-electron chi connectivity index (χ2n) is 6.71. The summed E-state index contributed by atoms with van der Waals surface area (Å²) < 4.78 is 18.8. The molecular weight excluding hydrogens is 367 g/mol. The van der Waals surface area contributed by atoms with Crippen molar-refractivity contribution in [1.29, 1.82) is 0 Å². The molecule has 0 aliphatic rings. The first-order valence-electron chi connectivity index (χ1n) is 9.17. The molecule has 1 amide bonds. The van der Waals surface area contributed by atoms with E-state index in [1.54, 1.807) is 19.2 Å². The number of carbonyl (C=O) groups is 1. The number of aromatic nitrogens is 1. The summed E-state index contributed by atoms with van der Waals surface area (Å²) in [5, 5.41) is 3.56. The molecule has 0 atom stereocenters. The number of hydrogen-bond donors (Lipinski definition) is 1. The van der Waals surface area contributed by atoms with Gasteiger partial charge in [-0.3, -0.25) is 4.79 Å². The molecule has 29 heavy (non-hydrogen) atoms. The molecule has 3 aromatic carbocycles. The van der Waals surface area contributed by atoms with Gasteiger partial charge in [0, 0.05) is 16.6 Å². The molecule has 0 radical (unpaired) electrons. The van der Waals surface area contributed by atoms with E-state index < -0.39 is 5.82 Å². The number of rotatable bonds is 4. The van der Waals surface area contributed by atoms with E-state index in [1.165, 1.54) is 12.1 Å². The highest BCUT2D eigenvalue weighted by Gasteiger charge is 2.15. The first kappa shape index (κ1) is 18.6. The van der Waals surface area contributed by atoms with Gasteiger partial charge in [-0.1, -0.05) is 24.3 Å². The molecule has 0 aliphatic heterocycles. The number of fused-ring (bicyclic) bond motifs is 1. The number of methoxy groups -OCH3 is 1. The van der Waals surface area contributed by atoms with Crippen LogP contribution in [0, 0.1) is 12.7 Å². The molecule has 1 heterocycles. The van der Waals surface area contributed by atoms with Crippen molar-refractivity contribution in [1.82, 2.24) is 4.98 Å². The van der Waals surface area contributed by atoms with Crippen LogP contribution in [-0.2, 0) is 0 Å². The van der Waals surface area contributed by atoms with Gasteiger partial charge in [-0.15, -0.1) is 0 Å². The number of nitrogens with one attached hydrogen (secondary N) is 1. The van der Waals surface area contributed by atoms with Gasteiger partial charge < -0.3 is 10.1 Å². The largest absolute Gasteiger partial charge is 0.497 e. The maximum absolute atomic E-state index is 13.6. The fourth-order valence-corrected chi connectivity index (χ4v) is 3.19. The molecule has 4 rings (SSSR count). The maximum atomic E-state index is 13.6. The van der Waals surface area contributed by atoms with Crippen molar-refractivity contribution in [3.8, 4) is 17.0 Å². The molecular formula is C24H19FN2O2. The van der Waals surface area contributed by atoms with Gasteiger partial charge in [0.1, 0.15) is 11.6 Å². The third-order valence-electron chi connectivity index (χ3n) is 4.79. The van der Waals surface area contributed by atoms with Crippen LogP contribution >= 0.6 is 0 Å². The predicted octanol–water partition coefficient (Wildman–Crippen LogP) is 5.61. The molecule has 0 spiro atoms. The van der Waals surface area contributed by atoms with Crippen molar-refractivity contribution in [2.75, 3.05) is 12.4 Å². The van der Waals surface area contributed by atoms with Crippen molar-refractivity contribution in [2.24, 2.45) is 0 Å². The van der Waals surface area contributed by atoms with Gasteiger partial charge in [-0.2, -0.15) is 0 Å². The zero-order valence-corrected chi connectivity index (χ0v) is 16.1. The monoisotopic (exact) mass is 386 g/mol. The third-order valence-corrected chi connectivity index (χ3v) is 4.79. The lowest BCUT2D eigenvalue weighted by atomic mass is 10.0. The number of benzene rings is 3. The summed E-state index contributed by atoms with van der Waals surface area (Å²) in [4.78, 5) is 17.8. The van der Waals surface area contributed by atoms with Crippen molar-refractivity contribution < 1.29 is 13.9 Å². The lowest BCUT2D eigenvalue weighted by Gasteiger charge is -2.12. The molecule has 1 aromatic heterocycles. The topological polar surface area (TPSA) is 51.2 Å². The number of aryl methyl sites for hydroxylation is 1. The number of para-hydroxylation sites is 1. The second-order valence-corrected chi connectivity index (χ2v) is 6.71. The van der Waals surface area contributed by atoms with E-state index in [1.807, 2.05) is 55.5 Å². The van der Waals surface area contributed by atoms with Gasteiger partial charge in [0.15, 0.2) is 0 Å². The Hall–Kier alpha value is -3.73. The van der Waals surface area contributed by atoms with Crippen molar-refractivity contribution in [2.45, 2.75) is 6.92 Å². The van der Waals surface area contributed by atoms with E-state index in [0.717, 1.165) is 22.3 Å². The van der Waals surface area contributed by atoms with Crippen LogP contribution in [-0.4, -0.2) is 18.0 Å². The Morgan fingerprint density at radius 1 is 1.00 bits per heavy atom. The van der Waals surface area contributed by atoms with E-state index in [-0.39, 0.29) is 5.91 Å². The molecule has 0 saturated heterocycles. The Morgan fingerprint density at radius 2 is 1.76 bits per heavy atom. The van der Waals surface area contributed by atoms with Crippen LogP contribution < -0.4 is 10.1 Å². The van der Waals surface area contributed by atoms with Crippen LogP contribution in [0.4, 0.5) is 10.1 Å². The number of pyridine rings is 1. The molecule has 1 N–H and O–H groups in total. The number of amides is 1. The highest BCUT2D eigenvalue weighted by Crippen LogP contribution is 2.27. The summed E-state index contributed by atoms with van der Waals surface area (Å²) in [7, 11) is 1.61. The van der Waals surface area contributed by atoms with Crippen LogP contribution in [0.5, 0.6) is 5.75 Å². The van der Waals surface area contributed by atoms with E-state index in [4.69, 9.17) is 9.72 Å². The number of halogens is 1. The van der Waals surface area contributed by atoms with E-state index in [0.29, 0.717) is 22.5 Å². The standard InChI is InChI=1S/C24H19FN2O2/c1-15-7-10-17(25)13-22(15)27-24(28)20-14-23(16-8-11-18(29-2)12-9-16)26-21-6-4-3-5-19(20)21/h3-14H,1-2H3,(H,27,28). The minimum atomic E-state index is -0.399. The Kier molecular flexibility index (Phi) is 4.96. The Morgan fingerprint density at radius 3 is 2.52 bits per heavy atom. The minimum Gasteiger partial charge on any atom is -0.497 e. The van der Waals surface area contributed by atoms with Gasteiger partial charge in [-0.25, -0.2) is 9.37 Å². The zero-order valence-electron chi connectivity index (χ0n) is 16.1. The number of hydrogen-bond acceptors (Lipinski definition) is 3. The predicted molar refractivity (Wildman–Crippen MR) is 113 cm³/mol. The molecule has 4 nitrogen and oxygen atoms in total. The number of carbonyl (C=O) groups excluding carboxylic acids is 1. The first-order chi connectivity index (χ1) is 14.0. The van der Waals surface area contributed by atoms with Crippen molar-refractivity contribution >= 4 is 22.5 Å². The minimum absolute atomic E-state index is 0.313. The quantitative estimate of drug-likeness (QED) is 0.496. The van der Waals surface area contributed by atoms with Gasteiger partial charge in [0.05, 0.1) is 23.9 Å². The average molecular weight is 386 g/mol. The fourth-order valence-electron chi connectivity index (χ4n) is 3.19. The smallest absolute Gasteiger partial charge is 0.256 e. The van der Waals surface area contributed by atoms with Crippen molar-refractivity contribution in [3.63, 3.8) is 0 Å². The van der Waals surface area contributed by atoms with Crippen LogP contribution in [0.1, 0.15) is 15.9 Å². The summed E-state index contributed by atoms with van der Waals surface area (Å²) in [6.45, 7) is 1.82. The van der Waals surface area contributed by atoms with Crippen LogP contribution in [0.3, 0.4) is 0 Å². The van der Waals surface area contributed by atoms with Crippen LogP contribution in [0.15, 0.2) is 72.8 Å². The lowest BCUT2D eigenvalue weighted by Crippen LogP contribution is -2.14. The first-order valence-corrected chi connectivity index (χ1v) is 9.17. The molecule has 5 heteroatoms. The van der Waals surface area contributed by atoms with Gasteiger partial charge in [0.25, 0.3) is 5.91 Å². The molecule has 144 valence electrons. The fraction of sp³-hybridized carbons (Fsp3) is 0.0833. The van der Waals surface area contributed by atoms with Crippen molar-refractivity contribution in [3.05, 3.63) is 89.7 Å². The number of anilines is 1. The van der Waals surface area contributed by atoms with Gasteiger partial charge >= 0.3 is 0 Å². The van der Waals surface area contributed by atoms with Crippen LogP contribution in [0.2, 0.25) is 0 Å². The molecule has 4 aromatic rings. The normalized spacial score (nSPS) is 10.7. The SMILES string of the molecule is COc1ccc(-c2cc(C(=O)Nc3cc(F)ccc3C)c3ccccc3n2)cc1. The molecule has 0 saturated carbocycles. The number of ether oxygens (including phenoxy) is 1. The maximum Gasteiger partial charge on any atom is 0.256 e. The summed E-state index contributed by atoms with van der Waals surface area (Å²) in [6, 6.07) is 21.0. The summed E-state index contributed by atoms with van der Waals surface area (Å²) >= 11 is 0. The highest BCUT2D eigenvalue weighted by molar-refractivity contribution is 6.13. The Labute approximate surface area is 168 Å².